The van der Waals surface area contributed by atoms with Crippen molar-refractivity contribution in [2.24, 2.45) is 0 Å². The first-order valence-electron chi connectivity index (χ1n) is 7.08. The van der Waals surface area contributed by atoms with Gasteiger partial charge in [0.15, 0.2) is 11.5 Å². The van der Waals surface area contributed by atoms with Crippen LogP contribution in [0.4, 0.5) is 0 Å². The Morgan fingerprint density at radius 2 is 1.68 bits per heavy atom. The highest BCUT2D eigenvalue weighted by Gasteiger charge is 2.18. The molecule has 0 saturated carbocycles. The van der Waals surface area contributed by atoms with Crippen LogP contribution in [0.2, 0.25) is 0 Å². The Bertz CT molecular complexity index is 744. The van der Waals surface area contributed by atoms with Gasteiger partial charge in [-0.3, -0.25) is 0 Å². The largest absolute Gasteiger partial charge is 0.486 e. The Labute approximate surface area is 129 Å². The Morgan fingerprint density at radius 1 is 0.955 bits per heavy atom. The number of rotatable bonds is 5. The molecule has 2 aromatic rings. The predicted molar refractivity (Wildman–Crippen MR) is 82.8 cm³/mol. The van der Waals surface area contributed by atoms with E-state index in [1.807, 2.05) is 30.3 Å². The number of benzene rings is 2. The smallest absolute Gasteiger partial charge is 0.240 e. The summed E-state index contributed by atoms with van der Waals surface area (Å²) < 4.78 is 38.0. The first-order chi connectivity index (χ1) is 10.6. The zero-order valence-corrected chi connectivity index (χ0v) is 12.8. The van der Waals surface area contributed by atoms with E-state index >= 15 is 0 Å². The molecule has 5 nitrogen and oxygen atoms in total. The fourth-order valence-electron chi connectivity index (χ4n) is 2.25. The summed E-state index contributed by atoms with van der Waals surface area (Å²) >= 11 is 0. The number of nitrogens with one attached hydrogen (secondary N) is 1. The first kappa shape index (κ1) is 14.9. The van der Waals surface area contributed by atoms with E-state index in [0.717, 1.165) is 5.56 Å². The molecular formula is C16H17NO4S. The predicted octanol–water partition coefficient (Wildman–Crippen LogP) is 1.98. The van der Waals surface area contributed by atoms with Gasteiger partial charge in [0.2, 0.25) is 10.0 Å². The molecule has 0 atom stereocenters. The van der Waals surface area contributed by atoms with Crippen LogP contribution in [0.3, 0.4) is 0 Å². The second-order valence-electron chi connectivity index (χ2n) is 4.94. The topological polar surface area (TPSA) is 64.6 Å². The second kappa shape index (κ2) is 6.37. The van der Waals surface area contributed by atoms with Crippen molar-refractivity contribution in [3.05, 3.63) is 54.1 Å². The van der Waals surface area contributed by atoms with Gasteiger partial charge in [0.05, 0.1) is 4.90 Å². The molecule has 0 saturated heterocycles. The Hall–Kier alpha value is -2.05. The van der Waals surface area contributed by atoms with Crippen molar-refractivity contribution in [3.63, 3.8) is 0 Å². The monoisotopic (exact) mass is 319 g/mol. The van der Waals surface area contributed by atoms with Crippen molar-refractivity contribution in [1.29, 1.82) is 0 Å². The quantitative estimate of drug-likeness (QED) is 0.915. The zero-order chi connectivity index (χ0) is 15.4. The number of hydrogen-bond donors (Lipinski definition) is 1. The summed E-state index contributed by atoms with van der Waals surface area (Å²) in [6.45, 7) is 1.26. The van der Waals surface area contributed by atoms with E-state index in [-0.39, 0.29) is 4.90 Å². The molecule has 0 aliphatic carbocycles. The molecule has 1 heterocycles. The van der Waals surface area contributed by atoms with Gasteiger partial charge in [0, 0.05) is 12.6 Å². The first-order valence-corrected chi connectivity index (χ1v) is 8.57. The van der Waals surface area contributed by atoms with Crippen LogP contribution >= 0.6 is 0 Å². The summed E-state index contributed by atoms with van der Waals surface area (Å²) in [7, 11) is -3.55. The second-order valence-corrected chi connectivity index (χ2v) is 6.71. The molecule has 0 fully saturated rings. The third kappa shape index (κ3) is 3.40. The van der Waals surface area contributed by atoms with Gasteiger partial charge in [-0.2, -0.15) is 0 Å². The lowest BCUT2D eigenvalue weighted by atomic mass is 10.2. The lowest BCUT2D eigenvalue weighted by Crippen LogP contribution is -2.26. The number of sulfonamides is 1. The van der Waals surface area contributed by atoms with Gasteiger partial charge in [-0.1, -0.05) is 30.3 Å². The van der Waals surface area contributed by atoms with Crippen LogP contribution in [0.15, 0.2) is 53.4 Å². The average molecular weight is 319 g/mol. The maximum Gasteiger partial charge on any atom is 0.240 e. The summed E-state index contributed by atoms with van der Waals surface area (Å²) in [6, 6.07) is 14.4. The molecule has 116 valence electrons. The van der Waals surface area contributed by atoms with Crippen molar-refractivity contribution >= 4 is 10.0 Å². The molecule has 22 heavy (non-hydrogen) atoms. The van der Waals surface area contributed by atoms with Crippen molar-refractivity contribution in [2.45, 2.75) is 11.3 Å². The maximum atomic E-state index is 12.3. The van der Waals surface area contributed by atoms with Gasteiger partial charge in [0.1, 0.15) is 13.2 Å². The molecule has 2 aromatic carbocycles. The third-order valence-electron chi connectivity index (χ3n) is 3.37. The van der Waals surface area contributed by atoms with E-state index in [9.17, 15) is 8.42 Å². The molecule has 0 spiro atoms. The Kier molecular flexibility index (Phi) is 4.31. The van der Waals surface area contributed by atoms with Gasteiger partial charge >= 0.3 is 0 Å². The van der Waals surface area contributed by atoms with Crippen LogP contribution < -0.4 is 14.2 Å². The molecule has 0 bridgehead atoms. The summed E-state index contributed by atoms with van der Waals surface area (Å²) in [5, 5.41) is 0. The van der Waals surface area contributed by atoms with Crippen LogP contribution in [0, 0.1) is 0 Å². The zero-order valence-electron chi connectivity index (χ0n) is 12.0. The summed E-state index contributed by atoms with van der Waals surface area (Å²) in [5.74, 6) is 1.05. The van der Waals surface area contributed by atoms with E-state index in [2.05, 4.69) is 4.72 Å². The molecule has 1 aliphatic heterocycles. The van der Waals surface area contributed by atoms with Crippen molar-refractivity contribution < 1.29 is 17.9 Å². The Morgan fingerprint density at radius 3 is 2.45 bits per heavy atom. The minimum atomic E-state index is -3.55. The van der Waals surface area contributed by atoms with Crippen molar-refractivity contribution in [3.8, 4) is 11.5 Å². The van der Waals surface area contributed by atoms with E-state index in [0.29, 0.717) is 37.7 Å². The van der Waals surface area contributed by atoms with Gasteiger partial charge in [-0.15, -0.1) is 0 Å². The van der Waals surface area contributed by atoms with Crippen molar-refractivity contribution in [1.82, 2.24) is 4.72 Å². The number of fused-ring (bicyclic) bond motifs is 1. The highest BCUT2D eigenvalue weighted by atomic mass is 32.2. The van der Waals surface area contributed by atoms with Crippen LogP contribution in [-0.4, -0.2) is 28.2 Å². The SMILES string of the molecule is O=S(=O)(NCCc1ccccc1)c1ccc2c(c1)OCCO2. The lowest BCUT2D eigenvalue weighted by Gasteiger charge is -2.18. The standard InChI is InChI=1S/C16H17NO4S/c18-22(19,17-9-8-13-4-2-1-3-5-13)14-6-7-15-16(12-14)21-11-10-20-15/h1-7,12,17H,8-11H2. The van der Waals surface area contributed by atoms with Crippen molar-refractivity contribution in [2.75, 3.05) is 19.8 Å². The van der Waals surface area contributed by atoms with Gasteiger partial charge in [-0.05, 0) is 24.1 Å². The molecule has 0 amide bonds. The summed E-state index contributed by atoms with van der Waals surface area (Å²) in [4.78, 5) is 0.185. The highest BCUT2D eigenvalue weighted by molar-refractivity contribution is 7.89. The molecule has 0 aromatic heterocycles. The maximum absolute atomic E-state index is 12.3. The van der Waals surface area contributed by atoms with Gasteiger partial charge in [0.25, 0.3) is 0 Å². The van der Waals surface area contributed by atoms with Crippen LogP contribution in [0.1, 0.15) is 5.56 Å². The number of ether oxygens (including phenoxy) is 2. The molecule has 6 heteroatoms. The van der Waals surface area contributed by atoms with E-state index < -0.39 is 10.0 Å². The van der Waals surface area contributed by atoms with E-state index in [1.165, 1.54) is 12.1 Å². The summed E-state index contributed by atoms with van der Waals surface area (Å²) in [5.41, 5.74) is 1.09. The normalized spacial score (nSPS) is 13.8. The van der Waals surface area contributed by atoms with Gasteiger partial charge < -0.3 is 9.47 Å². The minimum absolute atomic E-state index is 0.185. The summed E-state index contributed by atoms with van der Waals surface area (Å²) in [6.07, 6.45) is 0.643. The van der Waals surface area contributed by atoms with Crippen LogP contribution in [-0.2, 0) is 16.4 Å². The molecular weight excluding hydrogens is 302 g/mol. The number of hydrogen-bond acceptors (Lipinski definition) is 4. The van der Waals surface area contributed by atoms with E-state index in [1.54, 1.807) is 6.07 Å². The lowest BCUT2D eigenvalue weighted by molar-refractivity contribution is 0.171. The molecule has 0 unspecified atom stereocenters. The Balaban J connectivity index is 1.67. The molecule has 1 aliphatic rings. The van der Waals surface area contributed by atoms with Crippen LogP contribution in [0.5, 0.6) is 11.5 Å². The fourth-order valence-corrected chi connectivity index (χ4v) is 3.30. The molecule has 0 radical (unpaired) electrons. The van der Waals surface area contributed by atoms with Crippen LogP contribution in [0.25, 0.3) is 0 Å². The third-order valence-corrected chi connectivity index (χ3v) is 4.83. The molecule has 1 N–H and O–H groups in total. The highest BCUT2D eigenvalue weighted by Crippen LogP contribution is 2.32. The average Bonchev–Trinajstić information content (AvgIpc) is 2.55. The fraction of sp³-hybridized carbons (Fsp3) is 0.250. The van der Waals surface area contributed by atoms with E-state index in [4.69, 9.17) is 9.47 Å². The molecule has 3 rings (SSSR count). The van der Waals surface area contributed by atoms with Gasteiger partial charge in [-0.25, -0.2) is 13.1 Å². The minimum Gasteiger partial charge on any atom is -0.486 e.